The number of nitrogens with zero attached hydrogens (tertiary/aromatic N) is 2. The smallest absolute Gasteiger partial charge is 0.265 e. The van der Waals surface area contributed by atoms with Crippen LogP contribution in [-0.2, 0) is 9.59 Å². The summed E-state index contributed by atoms with van der Waals surface area (Å²) in [4.78, 5) is 28.0. The van der Waals surface area contributed by atoms with E-state index in [0.29, 0.717) is 24.6 Å². The molecule has 1 aromatic rings. The van der Waals surface area contributed by atoms with Crippen molar-refractivity contribution in [2.75, 3.05) is 13.1 Å². The van der Waals surface area contributed by atoms with Crippen LogP contribution < -0.4 is 0 Å². The summed E-state index contributed by atoms with van der Waals surface area (Å²) >= 11 is 5.25. The number of allylic oxidation sites excluding steroid dienone is 1. The van der Waals surface area contributed by atoms with Crippen molar-refractivity contribution in [3.63, 3.8) is 0 Å². The van der Waals surface area contributed by atoms with E-state index in [1.54, 1.807) is 6.08 Å². The van der Waals surface area contributed by atoms with Gasteiger partial charge in [0.25, 0.3) is 11.8 Å². The van der Waals surface area contributed by atoms with Gasteiger partial charge in [0.05, 0.1) is 0 Å². The van der Waals surface area contributed by atoms with Crippen molar-refractivity contribution in [3.05, 3.63) is 47.5 Å². The molecule has 5 heteroatoms. The second-order valence-electron chi connectivity index (χ2n) is 5.55. The molecule has 1 saturated heterocycles. The van der Waals surface area contributed by atoms with Crippen molar-refractivity contribution < 1.29 is 9.59 Å². The SMILES string of the molecule is CCN1C(=O)C(=CCC(C)c2ccccc2)C(=O)N(CC)C1=S. The number of likely N-dealkylation sites (N-methyl/N-ethyl adjacent to an activating group) is 2. The fourth-order valence-corrected chi connectivity index (χ4v) is 3.07. The molecule has 4 nitrogen and oxygen atoms in total. The lowest BCUT2D eigenvalue weighted by Gasteiger charge is -2.35. The van der Waals surface area contributed by atoms with Crippen LogP contribution in [-0.4, -0.2) is 39.8 Å². The van der Waals surface area contributed by atoms with Gasteiger partial charge >= 0.3 is 0 Å². The number of hydrogen-bond donors (Lipinski definition) is 0. The van der Waals surface area contributed by atoms with E-state index < -0.39 is 0 Å². The standard InChI is InChI=1S/C18H22N2O2S/c1-4-19-16(21)15(17(22)20(5-2)18(19)23)12-11-13(3)14-9-7-6-8-10-14/h6-10,12-13H,4-5,11H2,1-3H3. The van der Waals surface area contributed by atoms with Crippen LogP contribution in [0.5, 0.6) is 0 Å². The van der Waals surface area contributed by atoms with Gasteiger partial charge in [0.1, 0.15) is 5.57 Å². The Morgan fingerprint density at radius 1 is 1.04 bits per heavy atom. The molecule has 0 N–H and O–H groups in total. The van der Waals surface area contributed by atoms with Gasteiger partial charge in [0, 0.05) is 13.1 Å². The first kappa shape index (κ1) is 17.3. The molecule has 1 heterocycles. The molecule has 1 unspecified atom stereocenters. The molecule has 1 atom stereocenters. The number of rotatable bonds is 5. The van der Waals surface area contributed by atoms with Crippen molar-refractivity contribution in [2.24, 2.45) is 0 Å². The molecule has 1 aliphatic heterocycles. The molecule has 23 heavy (non-hydrogen) atoms. The minimum absolute atomic E-state index is 0.227. The molecule has 1 fully saturated rings. The molecule has 0 aliphatic carbocycles. The first-order valence-electron chi connectivity index (χ1n) is 7.94. The fourth-order valence-electron chi connectivity index (χ4n) is 2.65. The second kappa shape index (κ2) is 7.51. The molecule has 0 aromatic heterocycles. The molecule has 1 aliphatic rings. The van der Waals surface area contributed by atoms with Crippen LogP contribution in [0.15, 0.2) is 42.0 Å². The van der Waals surface area contributed by atoms with E-state index in [0.717, 1.165) is 0 Å². The van der Waals surface area contributed by atoms with Crippen molar-refractivity contribution >= 4 is 29.1 Å². The van der Waals surface area contributed by atoms with Crippen molar-refractivity contribution in [3.8, 4) is 0 Å². The Kier molecular flexibility index (Phi) is 5.66. The summed E-state index contributed by atoms with van der Waals surface area (Å²) in [6.45, 7) is 6.74. The minimum atomic E-state index is -0.285. The monoisotopic (exact) mass is 330 g/mol. The van der Waals surface area contributed by atoms with Gasteiger partial charge in [-0.25, -0.2) is 0 Å². The van der Waals surface area contributed by atoms with Crippen LogP contribution in [0.1, 0.15) is 38.7 Å². The van der Waals surface area contributed by atoms with E-state index in [9.17, 15) is 9.59 Å². The van der Waals surface area contributed by atoms with Crippen LogP contribution >= 0.6 is 12.2 Å². The van der Waals surface area contributed by atoms with E-state index in [1.165, 1.54) is 15.4 Å². The number of thiocarbonyl (C=S) groups is 1. The highest BCUT2D eigenvalue weighted by atomic mass is 32.1. The maximum atomic E-state index is 12.5. The quantitative estimate of drug-likeness (QED) is 0.473. The maximum absolute atomic E-state index is 12.5. The number of hydrogen-bond acceptors (Lipinski definition) is 3. The third-order valence-corrected chi connectivity index (χ3v) is 4.53. The van der Waals surface area contributed by atoms with Gasteiger partial charge in [-0.3, -0.25) is 19.4 Å². The van der Waals surface area contributed by atoms with E-state index in [2.05, 4.69) is 19.1 Å². The first-order valence-corrected chi connectivity index (χ1v) is 8.34. The van der Waals surface area contributed by atoms with Crippen molar-refractivity contribution in [2.45, 2.75) is 33.1 Å². The summed E-state index contributed by atoms with van der Waals surface area (Å²) in [6.07, 6.45) is 2.40. The van der Waals surface area contributed by atoms with Gasteiger partial charge in [0.15, 0.2) is 5.11 Å². The third kappa shape index (κ3) is 3.50. The summed E-state index contributed by atoms with van der Waals surface area (Å²) < 4.78 is 0. The summed E-state index contributed by atoms with van der Waals surface area (Å²) in [7, 11) is 0. The van der Waals surface area contributed by atoms with Crippen LogP contribution in [0.2, 0.25) is 0 Å². The van der Waals surface area contributed by atoms with Gasteiger partial charge in [-0.15, -0.1) is 0 Å². The van der Waals surface area contributed by atoms with E-state index in [1.807, 2.05) is 32.0 Å². The average molecular weight is 330 g/mol. The van der Waals surface area contributed by atoms with Crippen molar-refractivity contribution in [1.29, 1.82) is 0 Å². The number of amides is 2. The Morgan fingerprint density at radius 3 is 2.04 bits per heavy atom. The lowest BCUT2D eigenvalue weighted by Crippen LogP contribution is -2.55. The Morgan fingerprint density at radius 2 is 1.57 bits per heavy atom. The Bertz CT molecular complexity index is 612. The average Bonchev–Trinajstić information content (AvgIpc) is 2.56. The van der Waals surface area contributed by atoms with Gasteiger partial charge < -0.3 is 0 Å². The molecule has 2 amide bonds. The third-order valence-electron chi connectivity index (χ3n) is 4.09. The van der Waals surface area contributed by atoms with Crippen molar-refractivity contribution in [1.82, 2.24) is 9.80 Å². The highest BCUT2D eigenvalue weighted by Crippen LogP contribution is 2.23. The molecular weight excluding hydrogens is 308 g/mol. The second-order valence-corrected chi connectivity index (χ2v) is 5.91. The largest absolute Gasteiger partial charge is 0.285 e. The van der Waals surface area contributed by atoms with E-state index in [-0.39, 0.29) is 23.3 Å². The zero-order chi connectivity index (χ0) is 17.0. The lowest BCUT2D eigenvalue weighted by molar-refractivity contribution is -0.133. The molecule has 1 aromatic carbocycles. The highest BCUT2D eigenvalue weighted by Gasteiger charge is 2.37. The predicted octanol–water partition coefficient (Wildman–Crippen LogP) is 3.10. The summed E-state index contributed by atoms with van der Waals surface area (Å²) in [6, 6.07) is 10.1. The fraction of sp³-hybridized carbons (Fsp3) is 0.389. The molecular formula is C18H22N2O2S. The van der Waals surface area contributed by atoms with E-state index in [4.69, 9.17) is 12.2 Å². The van der Waals surface area contributed by atoms with Crippen LogP contribution in [0, 0.1) is 0 Å². The molecule has 0 spiro atoms. The zero-order valence-electron chi connectivity index (χ0n) is 13.8. The summed E-state index contributed by atoms with van der Waals surface area (Å²) in [5.74, 6) is -0.330. The number of benzene rings is 1. The Hall–Kier alpha value is -2.01. The van der Waals surface area contributed by atoms with Gasteiger partial charge in [-0.2, -0.15) is 0 Å². The number of carbonyl (C=O) groups excluding carboxylic acids is 2. The highest BCUT2D eigenvalue weighted by molar-refractivity contribution is 7.80. The summed E-state index contributed by atoms with van der Waals surface area (Å²) in [5, 5.41) is 0.304. The van der Waals surface area contributed by atoms with Crippen LogP contribution in [0.4, 0.5) is 0 Å². The van der Waals surface area contributed by atoms with Gasteiger partial charge in [-0.05, 0) is 44.0 Å². The molecule has 122 valence electrons. The summed E-state index contributed by atoms with van der Waals surface area (Å²) in [5.41, 5.74) is 1.42. The lowest BCUT2D eigenvalue weighted by atomic mass is 9.96. The van der Waals surface area contributed by atoms with Crippen LogP contribution in [0.3, 0.4) is 0 Å². The van der Waals surface area contributed by atoms with Gasteiger partial charge in [-0.1, -0.05) is 43.3 Å². The van der Waals surface area contributed by atoms with Gasteiger partial charge in [0.2, 0.25) is 0 Å². The predicted molar refractivity (Wildman–Crippen MR) is 94.9 cm³/mol. The topological polar surface area (TPSA) is 40.6 Å². The minimum Gasteiger partial charge on any atom is -0.285 e. The Balaban J connectivity index is 2.23. The maximum Gasteiger partial charge on any atom is 0.265 e. The molecule has 0 saturated carbocycles. The number of carbonyl (C=O) groups is 2. The molecule has 2 rings (SSSR count). The Labute approximate surface area is 142 Å². The van der Waals surface area contributed by atoms with E-state index >= 15 is 0 Å². The first-order chi connectivity index (χ1) is 11.0. The zero-order valence-corrected chi connectivity index (χ0v) is 14.6. The molecule has 0 bridgehead atoms. The normalized spacial score (nSPS) is 16.8. The molecule has 0 radical (unpaired) electrons. The van der Waals surface area contributed by atoms with Crippen LogP contribution in [0.25, 0.3) is 0 Å².